The van der Waals surface area contributed by atoms with E-state index in [9.17, 15) is 9.59 Å². The van der Waals surface area contributed by atoms with Crippen LogP contribution in [0.25, 0.3) is 11.4 Å². The van der Waals surface area contributed by atoms with E-state index >= 15 is 0 Å². The van der Waals surface area contributed by atoms with Gasteiger partial charge in [-0.2, -0.15) is 4.98 Å². The van der Waals surface area contributed by atoms with Crippen LogP contribution in [-0.4, -0.2) is 21.9 Å². The Hall–Kier alpha value is -2.51. The van der Waals surface area contributed by atoms with Crippen LogP contribution in [0.2, 0.25) is 4.34 Å². The summed E-state index contributed by atoms with van der Waals surface area (Å²) in [6, 6.07) is 11.0. The molecule has 0 fully saturated rings. The summed E-state index contributed by atoms with van der Waals surface area (Å²) in [6.45, 7) is 1.86. The number of thiophene rings is 1. The molecule has 0 aliphatic rings. The molecule has 0 spiro atoms. The second kappa shape index (κ2) is 8.25. The second-order valence-corrected chi connectivity index (χ2v) is 7.28. The molecule has 1 aromatic carbocycles. The Morgan fingerprint density at radius 3 is 2.62 bits per heavy atom. The van der Waals surface area contributed by atoms with Crippen molar-refractivity contribution in [2.24, 2.45) is 0 Å². The number of carbonyl (C=O) groups excluding carboxylic acids is 2. The lowest BCUT2D eigenvalue weighted by Gasteiger charge is -2.01. The van der Waals surface area contributed by atoms with Crippen molar-refractivity contribution in [3.05, 3.63) is 57.1 Å². The normalized spacial score (nSPS) is 10.7. The maximum Gasteiger partial charge on any atom is 0.306 e. The number of ether oxygens (including phenoxy) is 1. The van der Waals surface area contributed by atoms with Gasteiger partial charge < -0.3 is 9.26 Å². The third-order valence-electron chi connectivity index (χ3n) is 3.54. The number of halogens is 1. The molecule has 8 heteroatoms. The monoisotopic (exact) mass is 390 g/mol. The maximum absolute atomic E-state index is 11.9. The van der Waals surface area contributed by atoms with Gasteiger partial charge in [-0.3, -0.25) is 9.59 Å². The van der Waals surface area contributed by atoms with Crippen molar-refractivity contribution >= 4 is 34.7 Å². The highest BCUT2D eigenvalue weighted by atomic mass is 35.5. The third kappa shape index (κ3) is 4.77. The van der Waals surface area contributed by atoms with Crippen LogP contribution in [0.4, 0.5) is 0 Å². The third-order valence-corrected chi connectivity index (χ3v) is 4.81. The number of ketones is 1. The van der Waals surface area contributed by atoms with E-state index in [1.165, 1.54) is 11.3 Å². The zero-order chi connectivity index (χ0) is 18.5. The number of Topliss-reactive ketones (excluding diaryl/α,β-unsaturated/α-hetero) is 1. The van der Waals surface area contributed by atoms with Crippen LogP contribution in [0.1, 0.15) is 34.0 Å². The van der Waals surface area contributed by atoms with Gasteiger partial charge in [0.25, 0.3) is 5.89 Å². The van der Waals surface area contributed by atoms with E-state index in [0.717, 1.165) is 11.1 Å². The predicted molar refractivity (Wildman–Crippen MR) is 97.2 cm³/mol. The Labute approximate surface area is 158 Å². The number of rotatable bonds is 7. The molecule has 0 bridgehead atoms. The van der Waals surface area contributed by atoms with Crippen molar-refractivity contribution in [1.29, 1.82) is 0 Å². The molecular formula is C18H15ClN2O4S. The first kappa shape index (κ1) is 18.3. The summed E-state index contributed by atoms with van der Waals surface area (Å²) in [4.78, 5) is 28.4. The van der Waals surface area contributed by atoms with Crippen molar-refractivity contribution in [1.82, 2.24) is 10.1 Å². The van der Waals surface area contributed by atoms with Crippen molar-refractivity contribution in [3.8, 4) is 11.4 Å². The summed E-state index contributed by atoms with van der Waals surface area (Å²) >= 11 is 6.98. The van der Waals surface area contributed by atoms with Crippen LogP contribution in [0.15, 0.2) is 40.9 Å². The minimum absolute atomic E-state index is 0.0205. The van der Waals surface area contributed by atoms with Crippen molar-refractivity contribution in [2.75, 3.05) is 0 Å². The van der Waals surface area contributed by atoms with Gasteiger partial charge in [0.2, 0.25) is 5.82 Å². The molecule has 0 unspecified atom stereocenters. The molecule has 0 aliphatic carbocycles. The molecule has 2 aromatic heterocycles. The number of carbonyl (C=O) groups is 2. The number of nitrogens with zero attached hydrogens (tertiary/aromatic N) is 2. The minimum Gasteiger partial charge on any atom is -0.456 e. The molecule has 3 aromatic rings. The van der Waals surface area contributed by atoms with Crippen molar-refractivity contribution < 1.29 is 18.8 Å². The highest BCUT2D eigenvalue weighted by Gasteiger charge is 2.14. The Morgan fingerprint density at radius 2 is 1.92 bits per heavy atom. The molecule has 0 amide bonds. The van der Waals surface area contributed by atoms with Crippen LogP contribution in [0.5, 0.6) is 0 Å². The summed E-state index contributed by atoms with van der Waals surface area (Å²) in [6.07, 6.45) is 0.0431. The van der Waals surface area contributed by atoms with E-state index in [1.807, 2.05) is 31.2 Å². The number of benzene rings is 1. The van der Waals surface area contributed by atoms with E-state index in [0.29, 0.717) is 15.0 Å². The fraction of sp³-hybridized carbons (Fsp3) is 0.222. The second-order valence-electron chi connectivity index (χ2n) is 5.57. The molecule has 0 radical (unpaired) electrons. The Kier molecular flexibility index (Phi) is 5.80. The molecule has 0 atom stereocenters. The van der Waals surface area contributed by atoms with E-state index in [4.69, 9.17) is 20.9 Å². The molecule has 2 heterocycles. The fourth-order valence-electron chi connectivity index (χ4n) is 2.15. The average molecular weight is 391 g/mol. The van der Waals surface area contributed by atoms with E-state index in [2.05, 4.69) is 10.1 Å². The largest absolute Gasteiger partial charge is 0.456 e. The molecule has 3 rings (SSSR count). The van der Waals surface area contributed by atoms with Gasteiger partial charge in [-0.15, -0.1) is 11.3 Å². The summed E-state index contributed by atoms with van der Waals surface area (Å²) in [5.41, 5.74) is 1.95. The first-order valence-electron chi connectivity index (χ1n) is 7.85. The molecule has 0 N–H and O–H groups in total. The van der Waals surface area contributed by atoms with Crippen molar-refractivity contribution in [2.45, 2.75) is 26.4 Å². The molecule has 134 valence electrons. The quantitative estimate of drug-likeness (QED) is 0.437. The van der Waals surface area contributed by atoms with Gasteiger partial charge in [0, 0.05) is 12.0 Å². The first-order valence-corrected chi connectivity index (χ1v) is 9.04. The number of aryl methyl sites for hydroxylation is 1. The molecular weight excluding hydrogens is 376 g/mol. The van der Waals surface area contributed by atoms with Gasteiger partial charge in [-0.05, 0) is 19.1 Å². The molecule has 0 saturated heterocycles. The SMILES string of the molecule is Cc1ccc(-c2noc(COC(=O)CCC(=O)c3ccc(Cl)s3)n2)cc1. The van der Waals surface area contributed by atoms with E-state index in [1.54, 1.807) is 12.1 Å². The van der Waals surface area contributed by atoms with Crippen LogP contribution in [0.3, 0.4) is 0 Å². The Balaban J connectivity index is 1.47. The molecule has 26 heavy (non-hydrogen) atoms. The molecule has 0 saturated carbocycles. The zero-order valence-electron chi connectivity index (χ0n) is 13.9. The summed E-state index contributed by atoms with van der Waals surface area (Å²) < 4.78 is 10.7. The first-order chi connectivity index (χ1) is 12.5. The zero-order valence-corrected chi connectivity index (χ0v) is 15.5. The Morgan fingerprint density at radius 1 is 1.15 bits per heavy atom. The number of hydrogen-bond donors (Lipinski definition) is 0. The lowest BCUT2D eigenvalue weighted by atomic mass is 10.1. The fourth-order valence-corrected chi connectivity index (χ4v) is 3.16. The highest BCUT2D eigenvalue weighted by molar-refractivity contribution is 7.18. The van der Waals surface area contributed by atoms with Crippen LogP contribution in [0, 0.1) is 6.92 Å². The highest BCUT2D eigenvalue weighted by Crippen LogP contribution is 2.23. The van der Waals surface area contributed by atoms with E-state index in [-0.39, 0.29) is 31.1 Å². The number of esters is 1. The van der Waals surface area contributed by atoms with Gasteiger partial charge in [-0.25, -0.2) is 0 Å². The Bertz CT molecular complexity index is 917. The van der Waals surface area contributed by atoms with Gasteiger partial charge in [-0.1, -0.05) is 46.6 Å². The van der Waals surface area contributed by atoms with E-state index < -0.39 is 5.97 Å². The number of aromatic nitrogens is 2. The van der Waals surface area contributed by atoms with Crippen LogP contribution >= 0.6 is 22.9 Å². The number of hydrogen-bond acceptors (Lipinski definition) is 7. The van der Waals surface area contributed by atoms with Crippen LogP contribution < -0.4 is 0 Å². The lowest BCUT2D eigenvalue weighted by molar-refractivity contribution is -0.145. The summed E-state index contributed by atoms with van der Waals surface area (Å²) in [5, 5.41) is 3.87. The average Bonchev–Trinajstić information content (AvgIpc) is 3.27. The topological polar surface area (TPSA) is 82.3 Å². The van der Waals surface area contributed by atoms with Gasteiger partial charge in [0.05, 0.1) is 15.6 Å². The van der Waals surface area contributed by atoms with Gasteiger partial charge in [0.15, 0.2) is 12.4 Å². The summed E-state index contributed by atoms with van der Waals surface area (Å²) in [7, 11) is 0. The van der Waals surface area contributed by atoms with Gasteiger partial charge >= 0.3 is 5.97 Å². The lowest BCUT2D eigenvalue weighted by Crippen LogP contribution is -2.07. The van der Waals surface area contributed by atoms with Crippen LogP contribution in [-0.2, 0) is 16.1 Å². The maximum atomic E-state index is 11.9. The minimum atomic E-state index is -0.504. The smallest absolute Gasteiger partial charge is 0.306 e. The summed E-state index contributed by atoms with van der Waals surface area (Å²) in [5.74, 6) is -0.0134. The molecule has 6 nitrogen and oxygen atoms in total. The predicted octanol–water partition coefficient (Wildman–Crippen LogP) is 4.47. The molecule has 0 aliphatic heterocycles. The van der Waals surface area contributed by atoms with Crippen molar-refractivity contribution in [3.63, 3.8) is 0 Å². The van der Waals surface area contributed by atoms with Gasteiger partial charge in [0.1, 0.15) is 0 Å². The standard InChI is InChI=1S/C18H15ClN2O4S/c1-11-2-4-12(5-3-11)18-20-16(25-21-18)10-24-17(23)9-6-13(22)14-7-8-15(19)26-14/h2-5,7-8H,6,9-10H2,1H3.